The second kappa shape index (κ2) is 5.49. The Labute approximate surface area is 96.8 Å². The quantitative estimate of drug-likeness (QED) is 0.833. The third-order valence-corrected chi connectivity index (χ3v) is 2.89. The molecule has 4 nitrogen and oxygen atoms in total. The summed E-state index contributed by atoms with van der Waals surface area (Å²) in [4.78, 5) is 2.44. The van der Waals surface area contributed by atoms with E-state index in [1.165, 1.54) is 0 Å². The van der Waals surface area contributed by atoms with Crippen molar-refractivity contribution in [3.05, 3.63) is 18.5 Å². The van der Waals surface area contributed by atoms with E-state index in [1.54, 1.807) is 0 Å². The van der Waals surface area contributed by atoms with E-state index in [2.05, 4.69) is 16.9 Å². The van der Waals surface area contributed by atoms with Crippen molar-refractivity contribution in [3.63, 3.8) is 0 Å². The first-order valence-electron chi connectivity index (χ1n) is 5.23. The Morgan fingerprint density at radius 2 is 2.40 bits per heavy atom. The van der Waals surface area contributed by atoms with Gasteiger partial charge in [-0.25, -0.2) is 0 Å². The highest BCUT2D eigenvalue weighted by Crippen LogP contribution is 2.11. The lowest BCUT2D eigenvalue weighted by Crippen LogP contribution is -2.36. The highest BCUT2D eigenvalue weighted by molar-refractivity contribution is 5.85. The van der Waals surface area contributed by atoms with Gasteiger partial charge in [0.25, 0.3) is 0 Å². The zero-order valence-corrected chi connectivity index (χ0v) is 9.86. The largest absolute Gasteiger partial charge is 0.326 e. The zero-order valence-electron chi connectivity index (χ0n) is 9.04. The van der Waals surface area contributed by atoms with Crippen molar-refractivity contribution in [2.24, 2.45) is 5.73 Å². The number of likely N-dealkylation sites (tertiary alicyclic amines) is 1. The Bertz CT molecular complexity index is 275. The van der Waals surface area contributed by atoms with Crippen LogP contribution in [0.3, 0.4) is 0 Å². The summed E-state index contributed by atoms with van der Waals surface area (Å²) >= 11 is 0. The second-order valence-corrected chi connectivity index (χ2v) is 4.12. The molecule has 5 heteroatoms. The molecule has 0 amide bonds. The molecule has 0 saturated carbocycles. The van der Waals surface area contributed by atoms with E-state index in [-0.39, 0.29) is 12.4 Å². The molecule has 0 bridgehead atoms. The van der Waals surface area contributed by atoms with Crippen LogP contribution in [0.25, 0.3) is 0 Å². The first-order chi connectivity index (χ1) is 6.75. The zero-order chi connectivity index (χ0) is 9.97. The molecule has 1 aromatic rings. The van der Waals surface area contributed by atoms with Gasteiger partial charge in [0.1, 0.15) is 0 Å². The van der Waals surface area contributed by atoms with Crippen LogP contribution in [0.5, 0.6) is 0 Å². The fourth-order valence-corrected chi connectivity index (χ4v) is 2.01. The highest BCUT2D eigenvalue weighted by atomic mass is 35.5. The van der Waals surface area contributed by atoms with Gasteiger partial charge in [0.15, 0.2) is 0 Å². The van der Waals surface area contributed by atoms with Gasteiger partial charge >= 0.3 is 0 Å². The van der Waals surface area contributed by atoms with Crippen LogP contribution in [0.4, 0.5) is 0 Å². The van der Waals surface area contributed by atoms with E-state index in [9.17, 15) is 0 Å². The van der Waals surface area contributed by atoms with E-state index in [4.69, 9.17) is 5.73 Å². The molecule has 2 N–H and O–H groups in total. The minimum absolute atomic E-state index is 0. The normalized spacial score (nSPS) is 23.7. The van der Waals surface area contributed by atoms with Crippen LogP contribution in [0.15, 0.2) is 18.5 Å². The van der Waals surface area contributed by atoms with Crippen LogP contribution in [0.2, 0.25) is 0 Å². The van der Waals surface area contributed by atoms with Crippen molar-refractivity contribution in [1.82, 2.24) is 14.7 Å². The Balaban J connectivity index is 0.00000112. The summed E-state index contributed by atoms with van der Waals surface area (Å²) in [6.07, 6.45) is 4.96. The maximum Gasteiger partial charge on any atom is 0.0562 e. The van der Waals surface area contributed by atoms with Crippen LogP contribution < -0.4 is 5.73 Å². The molecule has 0 radical (unpaired) electrons. The average Bonchev–Trinajstić information content (AvgIpc) is 2.75. The lowest BCUT2D eigenvalue weighted by atomic mass is 10.3. The summed E-state index contributed by atoms with van der Waals surface area (Å²) in [6.45, 7) is 5.35. The van der Waals surface area contributed by atoms with Gasteiger partial charge in [-0.2, -0.15) is 5.10 Å². The van der Waals surface area contributed by atoms with Crippen molar-refractivity contribution in [2.75, 3.05) is 13.1 Å². The summed E-state index contributed by atoms with van der Waals surface area (Å²) in [7, 11) is 0. The molecule has 0 aromatic carbocycles. The van der Waals surface area contributed by atoms with Crippen molar-refractivity contribution in [3.8, 4) is 0 Å². The Kier molecular flexibility index (Phi) is 4.57. The molecular formula is C10H19ClN4. The standard InChI is InChI=1S/C10H18N4.ClH/c1-9(7-14-5-2-4-12-14)13-6-3-10(11)8-13;/h2,4-5,9-10H,3,6-8,11H2,1H3;1H/t9?,10-;/m0./s1. The molecule has 1 unspecified atom stereocenters. The Hall–Kier alpha value is -0.580. The SMILES string of the molecule is CC(Cn1cccn1)N1CC[C@H](N)C1.Cl. The molecular weight excluding hydrogens is 212 g/mol. The molecule has 0 aliphatic carbocycles. The number of nitrogens with zero attached hydrogens (tertiary/aromatic N) is 3. The van der Waals surface area contributed by atoms with E-state index >= 15 is 0 Å². The molecule has 1 aromatic heterocycles. The number of rotatable bonds is 3. The monoisotopic (exact) mass is 230 g/mol. The summed E-state index contributed by atoms with van der Waals surface area (Å²) in [5.41, 5.74) is 5.87. The predicted octanol–water partition coefficient (Wildman–Crippen LogP) is 0.726. The van der Waals surface area contributed by atoms with E-state index < -0.39 is 0 Å². The smallest absolute Gasteiger partial charge is 0.0562 e. The second-order valence-electron chi connectivity index (χ2n) is 4.12. The van der Waals surface area contributed by atoms with Crippen LogP contribution in [-0.2, 0) is 6.54 Å². The Morgan fingerprint density at radius 3 is 2.93 bits per heavy atom. The predicted molar refractivity (Wildman–Crippen MR) is 63.1 cm³/mol. The van der Waals surface area contributed by atoms with Crippen LogP contribution in [-0.4, -0.2) is 39.9 Å². The molecule has 2 heterocycles. The van der Waals surface area contributed by atoms with Gasteiger partial charge in [0.2, 0.25) is 0 Å². The fourth-order valence-electron chi connectivity index (χ4n) is 2.01. The van der Waals surface area contributed by atoms with Crippen molar-refractivity contribution < 1.29 is 0 Å². The van der Waals surface area contributed by atoms with Gasteiger partial charge in [0, 0.05) is 37.6 Å². The molecule has 86 valence electrons. The van der Waals surface area contributed by atoms with Crippen LogP contribution in [0.1, 0.15) is 13.3 Å². The maximum atomic E-state index is 5.87. The van der Waals surface area contributed by atoms with E-state index in [1.807, 2.05) is 23.1 Å². The minimum atomic E-state index is 0. The number of hydrogen-bond acceptors (Lipinski definition) is 3. The van der Waals surface area contributed by atoms with Gasteiger partial charge in [-0.05, 0) is 19.4 Å². The first-order valence-corrected chi connectivity index (χ1v) is 5.23. The first kappa shape index (κ1) is 12.5. The number of halogens is 1. The molecule has 15 heavy (non-hydrogen) atoms. The maximum absolute atomic E-state index is 5.87. The number of aromatic nitrogens is 2. The average molecular weight is 231 g/mol. The molecule has 1 fully saturated rings. The summed E-state index contributed by atoms with van der Waals surface area (Å²) < 4.78 is 1.98. The number of nitrogens with two attached hydrogens (primary N) is 1. The summed E-state index contributed by atoms with van der Waals surface area (Å²) in [5, 5.41) is 4.21. The topological polar surface area (TPSA) is 47.1 Å². The third kappa shape index (κ3) is 3.19. The lowest BCUT2D eigenvalue weighted by Gasteiger charge is -2.23. The van der Waals surface area contributed by atoms with Gasteiger partial charge in [0.05, 0.1) is 6.54 Å². The van der Waals surface area contributed by atoms with E-state index in [0.717, 1.165) is 26.1 Å². The molecule has 0 spiro atoms. The van der Waals surface area contributed by atoms with Gasteiger partial charge in [-0.3, -0.25) is 9.58 Å². The van der Waals surface area contributed by atoms with Crippen molar-refractivity contribution in [2.45, 2.75) is 32.0 Å². The van der Waals surface area contributed by atoms with Gasteiger partial charge in [-0.15, -0.1) is 12.4 Å². The highest BCUT2D eigenvalue weighted by Gasteiger charge is 2.23. The molecule has 1 saturated heterocycles. The molecule has 1 aliphatic rings. The molecule has 2 atom stereocenters. The Morgan fingerprint density at radius 1 is 1.60 bits per heavy atom. The van der Waals surface area contributed by atoms with Crippen LogP contribution >= 0.6 is 12.4 Å². The lowest BCUT2D eigenvalue weighted by molar-refractivity contribution is 0.227. The minimum Gasteiger partial charge on any atom is -0.326 e. The van der Waals surface area contributed by atoms with E-state index in [0.29, 0.717) is 12.1 Å². The molecule has 1 aliphatic heterocycles. The summed E-state index contributed by atoms with van der Waals surface area (Å²) in [6, 6.07) is 2.86. The van der Waals surface area contributed by atoms with Crippen molar-refractivity contribution >= 4 is 12.4 Å². The van der Waals surface area contributed by atoms with Crippen LogP contribution in [0, 0.1) is 0 Å². The van der Waals surface area contributed by atoms with Gasteiger partial charge < -0.3 is 5.73 Å². The van der Waals surface area contributed by atoms with Gasteiger partial charge in [-0.1, -0.05) is 0 Å². The summed E-state index contributed by atoms with van der Waals surface area (Å²) in [5.74, 6) is 0. The number of hydrogen-bond donors (Lipinski definition) is 1. The molecule has 2 rings (SSSR count). The fraction of sp³-hybridized carbons (Fsp3) is 0.700. The third-order valence-electron chi connectivity index (χ3n) is 2.89. The van der Waals surface area contributed by atoms with Crippen molar-refractivity contribution in [1.29, 1.82) is 0 Å².